The molecule has 0 radical (unpaired) electrons. The van der Waals surface area contributed by atoms with Crippen LogP contribution in [0.25, 0.3) is 0 Å². The predicted octanol–water partition coefficient (Wildman–Crippen LogP) is 4.76. The third kappa shape index (κ3) is 4.59. The lowest BCUT2D eigenvalue weighted by Crippen LogP contribution is -2.37. The highest BCUT2D eigenvalue weighted by Gasteiger charge is 2.35. The molecule has 35 heavy (non-hydrogen) atoms. The fraction of sp³-hybridized carbons (Fsp3) is 0.409. The zero-order valence-electron chi connectivity index (χ0n) is 18.3. The van der Waals surface area contributed by atoms with Crippen LogP contribution in [0.15, 0.2) is 35.4 Å². The average molecular weight is 514 g/mol. The number of benzene rings is 1. The Morgan fingerprint density at radius 3 is 2.74 bits per heavy atom. The minimum absolute atomic E-state index is 0.00628. The molecule has 0 spiro atoms. The Bertz CT molecular complexity index is 1300. The molecule has 2 aromatic heterocycles. The highest BCUT2D eigenvalue weighted by molar-refractivity contribution is 6.33. The molecule has 0 amide bonds. The lowest BCUT2D eigenvalue weighted by atomic mass is 10.2. The van der Waals surface area contributed by atoms with Gasteiger partial charge >= 0.3 is 6.18 Å². The Morgan fingerprint density at radius 1 is 1.17 bits per heavy atom. The first kappa shape index (κ1) is 23.6. The number of halogens is 5. The molecule has 8 nitrogen and oxygen atoms in total. The topological polar surface area (TPSA) is 74.4 Å². The van der Waals surface area contributed by atoms with Gasteiger partial charge in [-0.2, -0.15) is 23.0 Å². The smallest absolute Gasteiger partial charge is 0.420 e. The van der Waals surface area contributed by atoms with Gasteiger partial charge in [0.2, 0.25) is 5.88 Å². The highest BCUT2D eigenvalue weighted by Crippen LogP contribution is 2.39. The number of imidazole rings is 1. The normalized spacial score (nSPS) is 18.4. The van der Waals surface area contributed by atoms with Crippen LogP contribution in [-0.4, -0.2) is 32.5 Å². The zero-order valence-corrected chi connectivity index (χ0v) is 19.0. The Balaban J connectivity index is 1.37. The molecular weight excluding hydrogens is 494 g/mol. The van der Waals surface area contributed by atoms with Crippen molar-refractivity contribution >= 4 is 17.3 Å². The molecule has 0 aliphatic carbocycles. The summed E-state index contributed by atoms with van der Waals surface area (Å²) in [4.78, 5) is 18.9. The van der Waals surface area contributed by atoms with E-state index in [-0.39, 0.29) is 17.4 Å². The van der Waals surface area contributed by atoms with Crippen molar-refractivity contribution in [1.29, 1.82) is 0 Å². The van der Waals surface area contributed by atoms with Crippen LogP contribution in [0.1, 0.15) is 36.9 Å². The Hall–Kier alpha value is -3.12. The SMILES string of the molecule is O=c1c(Cl)c(N2CCn3c(Oc4ccc(F)cc4C(F)(F)F)cnc3C2)cnn1C1CCCCO1. The van der Waals surface area contributed by atoms with Crippen molar-refractivity contribution in [3.8, 4) is 11.6 Å². The molecule has 5 rings (SSSR count). The monoisotopic (exact) mass is 513 g/mol. The summed E-state index contributed by atoms with van der Waals surface area (Å²) in [6.07, 6.45) is 0.117. The summed E-state index contributed by atoms with van der Waals surface area (Å²) in [6.45, 7) is 1.46. The van der Waals surface area contributed by atoms with Crippen LogP contribution in [0.5, 0.6) is 11.6 Å². The van der Waals surface area contributed by atoms with Crippen molar-refractivity contribution in [2.75, 3.05) is 18.1 Å². The van der Waals surface area contributed by atoms with E-state index in [1.165, 1.54) is 17.1 Å². The second kappa shape index (κ2) is 9.15. The maximum Gasteiger partial charge on any atom is 0.420 e. The van der Waals surface area contributed by atoms with Crippen LogP contribution in [0, 0.1) is 5.82 Å². The number of nitrogens with zero attached hydrogens (tertiary/aromatic N) is 5. The van der Waals surface area contributed by atoms with Crippen molar-refractivity contribution < 1.29 is 27.0 Å². The Kier molecular flexibility index (Phi) is 6.18. The second-order valence-electron chi connectivity index (χ2n) is 8.24. The van der Waals surface area contributed by atoms with Gasteiger partial charge in [-0.3, -0.25) is 9.36 Å². The van der Waals surface area contributed by atoms with Crippen LogP contribution in [-0.2, 0) is 24.0 Å². The van der Waals surface area contributed by atoms with Crippen LogP contribution >= 0.6 is 11.6 Å². The Labute approximate surface area is 201 Å². The zero-order chi connectivity index (χ0) is 24.7. The number of alkyl halides is 3. The van der Waals surface area contributed by atoms with E-state index in [1.807, 2.05) is 4.90 Å². The standard InChI is InChI=1S/C22H20ClF4N5O3/c23-20-15(10-29-32(21(20)33)18-3-1-2-8-34-18)30-6-7-31-17(12-30)28-11-19(31)35-16-5-4-13(24)9-14(16)22(25,26)27/h4-5,9-11,18H,1-3,6-8,12H2. The molecule has 186 valence electrons. The number of ether oxygens (including phenoxy) is 2. The summed E-state index contributed by atoms with van der Waals surface area (Å²) in [5.74, 6) is -0.952. The molecule has 1 unspecified atom stereocenters. The van der Waals surface area contributed by atoms with E-state index in [1.54, 1.807) is 4.57 Å². The third-order valence-corrected chi connectivity index (χ3v) is 6.34. The second-order valence-corrected chi connectivity index (χ2v) is 8.62. The van der Waals surface area contributed by atoms with E-state index in [9.17, 15) is 22.4 Å². The number of fused-ring (bicyclic) bond motifs is 1. The number of aromatic nitrogens is 4. The molecule has 1 saturated heterocycles. The predicted molar refractivity (Wildman–Crippen MR) is 117 cm³/mol. The van der Waals surface area contributed by atoms with E-state index < -0.39 is 35.1 Å². The molecule has 0 bridgehead atoms. The molecule has 0 saturated carbocycles. The summed E-state index contributed by atoms with van der Waals surface area (Å²) in [6, 6.07) is 2.22. The fourth-order valence-corrected chi connectivity index (χ4v) is 4.48. The lowest BCUT2D eigenvalue weighted by molar-refractivity contribution is -0.138. The minimum atomic E-state index is -4.79. The summed E-state index contributed by atoms with van der Waals surface area (Å²) >= 11 is 6.40. The average Bonchev–Trinajstić information content (AvgIpc) is 3.23. The van der Waals surface area contributed by atoms with E-state index >= 15 is 0 Å². The summed E-state index contributed by atoms with van der Waals surface area (Å²) in [5, 5.41) is 4.26. The maximum absolute atomic E-state index is 13.4. The van der Waals surface area contributed by atoms with Gasteiger partial charge in [0, 0.05) is 19.7 Å². The van der Waals surface area contributed by atoms with Crippen LogP contribution in [0.3, 0.4) is 0 Å². The lowest BCUT2D eigenvalue weighted by Gasteiger charge is -2.31. The van der Waals surface area contributed by atoms with E-state index in [4.69, 9.17) is 21.1 Å². The van der Waals surface area contributed by atoms with E-state index in [0.29, 0.717) is 43.7 Å². The van der Waals surface area contributed by atoms with Gasteiger partial charge in [0.25, 0.3) is 5.56 Å². The maximum atomic E-state index is 13.4. The molecule has 1 fully saturated rings. The molecule has 2 aliphatic heterocycles. The number of rotatable bonds is 4. The fourth-order valence-electron chi connectivity index (χ4n) is 4.22. The van der Waals surface area contributed by atoms with Crippen molar-refractivity contribution in [3.63, 3.8) is 0 Å². The van der Waals surface area contributed by atoms with Gasteiger partial charge in [-0.25, -0.2) is 9.37 Å². The largest absolute Gasteiger partial charge is 0.438 e. The molecule has 0 N–H and O–H groups in total. The first-order chi connectivity index (χ1) is 16.7. The Morgan fingerprint density at radius 2 is 2.00 bits per heavy atom. The third-order valence-electron chi connectivity index (χ3n) is 5.98. The molecule has 13 heteroatoms. The minimum Gasteiger partial charge on any atom is -0.438 e. The van der Waals surface area contributed by atoms with Gasteiger partial charge in [0.15, 0.2) is 6.23 Å². The summed E-state index contributed by atoms with van der Waals surface area (Å²) < 4.78 is 67.4. The van der Waals surface area contributed by atoms with Gasteiger partial charge in [-0.05, 0) is 37.5 Å². The molecule has 1 atom stereocenters. The van der Waals surface area contributed by atoms with E-state index in [2.05, 4.69) is 10.1 Å². The van der Waals surface area contributed by atoms with Crippen molar-refractivity contribution in [2.24, 2.45) is 0 Å². The molecule has 3 aromatic rings. The van der Waals surface area contributed by atoms with Crippen molar-refractivity contribution in [2.45, 2.75) is 44.8 Å². The molecule has 4 heterocycles. The van der Waals surface area contributed by atoms with E-state index in [0.717, 1.165) is 25.0 Å². The number of hydrogen-bond acceptors (Lipinski definition) is 6. The van der Waals surface area contributed by atoms with Gasteiger partial charge < -0.3 is 14.4 Å². The van der Waals surface area contributed by atoms with Crippen LogP contribution in [0.2, 0.25) is 5.02 Å². The van der Waals surface area contributed by atoms with Gasteiger partial charge in [-0.15, -0.1) is 0 Å². The number of anilines is 1. The van der Waals surface area contributed by atoms with Gasteiger partial charge in [0.05, 0.1) is 24.6 Å². The highest BCUT2D eigenvalue weighted by atomic mass is 35.5. The summed E-state index contributed by atoms with van der Waals surface area (Å²) in [7, 11) is 0. The first-order valence-electron chi connectivity index (χ1n) is 11.0. The first-order valence-corrected chi connectivity index (χ1v) is 11.3. The molecular formula is C22H20ClF4N5O3. The molecule has 1 aromatic carbocycles. The quantitative estimate of drug-likeness (QED) is 0.468. The molecule has 2 aliphatic rings. The summed E-state index contributed by atoms with van der Waals surface area (Å²) in [5.41, 5.74) is -1.24. The van der Waals surface area contributed by atoms with Crippen LogP contribution < -0.4 is 15.2 Å². The van der Waals surface area contributed by atoms with Gasteiger partial charge in [-0.1, -0.05) is 11.6 Å². The number of hydrogen-bond donors (Lipinski definition) is 0. The van der Waals surface area contributed by atoms with Crippen molar-refractivity contribution in [1.82, 2.24) is 19.3 Å². The van der Waals surface area contributed by atoms with Crippen LogP contribution in [0.4, 0.5) is 23.2 Å². The van der Waals surface area contributed by atoms with Crippen molar-refractivity contribution in [3.05, 3.63) is 63.2 Å². The van der Waals surface area contributed by atoms with Gasteiger partial charge in [0.1, 0.15) is 28.0 Å².